The van der Waals surface area contributed by atoms with Gasteiger partial charge in [0.1, 0.15) is 18.1 Å². The molecule has 0 spiro atoms. The monoisotopic (exact) mass is 576 g/mol. The lowest BCUT2D eigenvalue weighted by Crippen LogP contribution is -2.44. The van der Waals surface area contributed by atoms with Gasteiger partial charge in [-0.1, -0.05) is 68.4 Å². The van der Waals surface area contributed by atoms with Gasteiger partial charge < -0.3 is 15.0 Å². The first kappa shape index (κ1) is 26.9. The van der Waals surface area contributed by atoms with E-state index in [4.69, 9.17) is 0 Å². The molecule has 7 rings (SSSR count). The SMILES string of the molecule is CC(C)c1ccc([C@H]2c3[nH]c4ccccc4c3C[C@H]3C(=O)N(c4ccccc4C(=O)N4CCC[C@@H]4C(=O)O)C(=O)N23)cc1. The van der Waals surface area contributed by atoms with Gasteiger partial charge in [-0.05, 0) is 53.6 Å². The molecule has 0 radical (unpaired) electrons. The first-order valence-electron chi connectivity index (χ1n) is 14.7. The van der Waals surface area contributed by atoms with Gasteiger partial charge in [-0.15, -0.1) is 0 Å². The summed E-state index contributed by atoms with van der Waals surface area (Å²) in [4.78, 5) is 61.8. The average molecular weight is 577 g/mol. The molecule has 218 valence electrons. The van der Waals surface area contributed by atoms with E-state index >= 15 is 0 Å². The molecule has 0 aliphatic carbocycles. The molecule has 4 aromatic rings. The van der Waals surface area contributed by atoms with Gasteiger partial charge in [-0.2, -0.15) is 0 Å². The molecule has 0 bridgehead atoms. The number of anilines is 1. The van der Waals surface area contributed by atoms with Gasteiger partial charge in [0, 0.05) is 29.6 Å². The van der Waals surface area contributed by atoms with Crippen LogP contribution in [-0.2, 0) is 16.0 Å². The number of carbonyl (C=O) groups excluding carboxylic acids is 3. The van der Waals surface area contributed by atoms with Crippen molar-refractivity contribution in [1.82, 2.24) is 14.8 Å². The van der Waals surface area contributed by atoms with Crippen LogP contribution in [0.3, 0.4) is 0 Å². The predicted octanol–water partition coefficient (Wildman–Crippen LogP) is 5.46. The van der Waals surface area contributed by atoms with E-state index in [2.05, 4.69) is 31.0 Å². The van der Waals surface area contributed by atoms with Crippen LogP contribution in [0.25, 0.3) is 10.9 Å². The van der Waals surface area contributed by atoms with Gasteiger partial charge in [0.15, 0.2) is 0 Å². The Labute approximate surface area is 248 Å². The summed E-state index contributed by atoms with van der Waals surface area (Å²) >= 11 is 0. The van der Waals surface area contributed by atoms with Gasteiger partial charge >= 0.3 is 12.0 Å². The van der Waals surface area contributed by atoms with Crippen LogP contribution in [0.1, 0.15) is 71.4 Å². The first-order valence-corrected chi connectivity index (χ1v) is 14.7. The zero-order valence-electron chi connectivity index (χ0n) is 24.0. The van der Waals surface area contributed by atoms with Crippen LogP contribution in [0, 0.1) is 0 Å². The van der Waals surface area contributed by atoms with Crippen molar-refractivity contribution in [3.05, 3.63) is 101 Å². The number of likely N-dealkylation sites (tertiary alicyclic amines) is 1. The number of aromatic nitrogens is 1. The van der Waals surface area contributed by atoms with E-state index in [-0.39, 0.29) is 11.3 Å². The highest BCUT2D eigenvalue weighted by Gasteiger charge is 2.54. The smallest absolute Gasteiger partial charge is 0.332 e. The van der Waals surface area contributed by atoms with Crippen molar-refractivity contribution in [3.63, 3.8) is 0 Å². The van der Waals surface area contributed by atoms with Crippen molar-refractivity contribution in [2.75, 3.05) is 11.4 Å². The van der Waals surface area contributed by atoms with Crippen LogP contribution in [0.4, 0.5) is 10.5 Å². The number of aromatic amines is 1. The summed E-state index contributed by atoms with van der Waals surface area (Å²) in [5, 5.41) is 10.7. The fraction of sp³-hybridized carbons (Fsp3) is 0.294. The van der Waals surface area contributed by atoms with Crippen LogP contribution >= 0.6 is 0 Å². The first-order chi connectivity index (χ1) is 20.8. The van der Waals surface area contributed by atoms with Crippen LogP contribution in [0.2, 0.25) is 0 Å². The Morgan fingerprint density at radius 3 is 2.42 bits per heavy atom. The summed E-state index contributed by atoms with van der Waals surface area (Å²) in [5.41, 5.74) is 5.20. The van der Waals surface area contributed by atoms with Crippen LogP contribution in [-0.4, -0.2) is 62.3 Å². The van der Waals surface area contributed by atoms with E-state index in [1.165, 1.54) is 10.5 Å². The lowest BCUT2D eigenvalue weighted by atomic mass is 9.88. The minimum atomic E-state index is -1.06. The number of carboxylic acids is 1. The minimum absolute atomic E-state index is 0.138. The van der Waals surface area contributed by atoms with E-state index in [9.17, 15) is 24.3 Å². The Morgan fingerprint density at radius 1 is 0.953 bits per heavy atom. The largest absolute Gasteiger partial charge is 0.480 e. The van der Waals surface area contributed by atoms with Gasteiger partial charge in [0.25, 0.3) is 11.8 Å². The maximum Gasteiger partial charge on any atom is 0.332 e. The molecule has 4 heterocycles. The molecule has 0 unspecified atom stereocenters. The highest BCUT2D eigenvalue weighted by Crippen LogP contribution is 2.45. The molecule has 2 fully saturated rings. The molecular weight excluding hydrogens is 544 g/mol. The summed E-state index contributed by atoms with van der Waals surface area (Å²) in [6.07, 6.45) is 1.28. The van der Waals surface area contributed by atoms with E-state index < -0.39 is 41.9 Å². The Morgan fingerprint density at radius 2 is 1.67 bits per heavy atom. The number of carboxylic acid groups (broad SMARTS) is 1. The molecule has 4 amide bonds. The topological polar surface area (TPSA) is 114 Å². The second-order valence-corrected chi connectivity index (χ2v) is 11.9. The van der Waals surface area contributed by atoms with Crippen molar-refractivity contribution in [3.8, 4) is 0 Å². The van der Waals surface area contributed by atoms with Crippen LogP contribution in [0.15, 0.2) is 72.8 Å². The quantitative estimate of drug-likeness (QED) is 0.306. The number of benzene rings is 3. The summed E-state index contributed by atoms with van der Waals surface area (Å²) in [7, 11) is 0. The number of rotatable bonds is 5. The van der Waals surface area contributed by atoms with Crippen LogP contribution in [0.5, 0.6) is 0 Å². The molecule has 2 N–H and O–H groups in total. The molecule has 0 saturated carbocycles. The van der Waals surface area contributed by atoms with Crippen molar-refractivity contribution in [1.29, 1.82) is 0 Å². The fourth-order valence-corrected chi connectivity index (χ4v) is 6.98. The number of nitrogens with zero attached hydrogens (tertiary/aromatic N) is 3. The minimum Gasteiger partial charge on any atom is -0.480 e. The van der Waals surface area contributed by atoms with Gasteiger partial charge in [0.2, 0.25) is 0 Å². The number of imide groups is 1. The fourth-order valence-electron chi connectivity index (χ4n) is 6.98. The second kappa shape index (κ2) is 10.1. The Kier molecular flexibility index (Phi) is 6.34. The van der Waals surface area contributed by atoms with Gasteiger partial charge in [0.05, 0.1) is 11.3 Å². The Balaban J connectivity index is 1.33. The maximum absolute atomic E-state index is 14.4. The van der Waals surface area contributed by atoms with Crippen molar-refractivity contribution >= 4 is 40.4 Å². The third-order valence-corrected chi connectivity index (χ3v) is 9.14. The molecule has 1 aromatic heterocycles. The third-order valence-electron chi connectivity index (χ3n) is 9.14. The lowest BCUT2D eigenvalue weighted by molar-refractivity contribution is -0.141. The number of nitrogens with one attached hydrogen (secondary N) is 1. The molecular formula is C34H32N4O5. The highest BCUT2D eigenvalue weighted by atomic mass is 16.4. The van der Waals surface area contributed by atoms with Crippen LogP contribution < -0.4 is 4.90 Å². The van der Waals surface area contributed by atoms with Crippen molar-refractivity contribution in [2.45, 2.75) is 57.2 Å². The van der Waals surface area contributed by atoms with E-state index in [1.807, 2.05) is 36.4 Å². The molecule has 3 aliphatic heterocycles. The number of urea groups is 1. The summed E-state index contributed by atoms with van der Waals surface area (Å²) in [6.45, 7) is 4.56. The lowest BCUT2D eigenvalue weighted by Gasteiger charge is -2.36. The second-order valence-electron chi connectivity index (χ2n) is 11.9. The molecule has 3 aliphatic rings. The molecule has 3 atom stereocenters. The van der Waals surface area contributed by atoms with Gasteiger partial charge in [-0.3, -0.25) is 14.5 Å². The number of hydrogen-bond donors (Lipinski definition) is 2. The predicted molar refractivity (Wildman–Crippen MR) is 161 cm³/mol. The zero-order valence-corrected chi connectivity index (χ0v) is 24.0. The zero-order chi connectivity index (χ0) is 30.0. The standard InChI is InChI=1S/C34H32N4O5/c1-19(2)20-13-15-21(16-14-20)30-29-24(22-8-3-5-10-25(22)35-29)18-28-32(40)38(34(43)37(28)30)26-11-6-4-9-23(26)31(39)36-17-7-12-27(36)33(41)42/h3-6,8-11,13-16,19,27-28,30,35H,7,12,17-18H2,1-2H3,(H,41,42)/t27-,28+,30+/m1/s1. The number of carbonyl (C=O) groups is 4. The molecule has 43 heavy (non-hydrogen) atoms. The Hall–Kier alpha value is -4.92. The summed E-state index contributed by atoms with van der Waals surface area (Å²) in [5.74, 6) is -1.62. The molecule has 9 heteroatoms. The maximum atomic E-state index is 14.4. The summed E-state index contributed by atoms with van der Waals surface area (Å²) < 4.78 is 0. The van der Waals surface area contributed by atoms with E-state index in [1.54, 1.807) is 29.2 Å². The normalized spacial score (nSPS) is 21.6. The Bertz CT molecular complexity index is 1790. The highest BCUT2D eigenvalue weighted by molar-refractivity contribution is 6.24. The van der Waals surface area contributed by atoms with E-state index in [0.29, 0.717) is 31.7 Å². The van der Waals surface area contributed by atoms with Crippen molar-refractivity contribution < 1.29 is 24.3 Å². The van der Waals surface area contributed by atoms with Gasteiger partial charge in [-0.25, -0.2) is 14.5 Å². The number of H-pyrrole nitrogens is 1. The number of hydrogen-bond acceptors (Lipinski definition) is 4. The van der Waals surface area contributed by atoms with Crippen molar-refractivity contribution in [2.24, 2.45) is 0 Å². The number of para-hydroxylation sites is 2. The average Bonchev–Trinajstić information content (AvgIpc) is 3.71. The number of aliphatic carboxylic acids is 1. The molecule has 9 nitrogen and oxygen atoms in total. The molecule has 2 saturated heterocycles. The molecule has 3 aromatic carbocycles. The summed E-state index contributed by atoms with van der Waals surface area (Å²) in [6, 6.07) is 19.9. The third kappa shape index (κ3) is 4.13. The van der Waals surface area contributed by atoms with E-state index in [0.717, 1.165) is 32.6 Å². The number of fused-ring (bicyclic) bond motifs is 4. The number of amides is 4.